The van der Waals surface area contributed by atoms with E-state index in [-0.39, 0.29) is 32.9 Å². The third kappa shape index (κ3) is 6.25. The molecule has 0 fully saturated rings. The van der Waals surface area contributed by atoms with Crippen molar-refractivity contribution >= 4 is 38.1 Å². The Morgan fingerprint density at radius 2 is 1.77 bits per heavy atom. The Labute approximate surface area is 230 Å². The van der Waals surface area contributed by atoms with Gasteiger partial charge in [-0.3, -0.25) is 14.7 Å². The molecule has 2 heterocycles. The van der Waals surface area contributed by atoms with Gasteiger partial charge in [0.15, 0.2) is 9.84 Å². The number of hydrogen-bond donors (Lipinski definition) is 1. The summed E-state index contributed by atoms with van der Waals surface area (Å²) in [6.07, 6.45) is -4.61. The zero-order valence-electron chi connectivity index (χ0n) is 21.0. The monoisotopic (exact) mass is 602 g/mol. The molecule has 40 heavy (non-hydrogen) atoms. The molecular weight excluding hydrogens is 581 g/mol. The van der Waals surface area contributed by atoms with Gasteiger partial charge in [0.1, 0.15) is 11.6 Å². The van der Waals surface area contributed by atoms with Crippen molar-refractivity contribution in [3.63, 3.8) is 0 Å². The number of sulfone groups is 1. The van der Waals surface area contributed by atoms with Crippen LogP contribution in [0.1, 0.15) is 29.3 Å². The number of aryl methyl sites for hydroxylation is 1. The number of carbonyl (C=O) groups is 1. The van der Waals surface area contributed by atoms with E-state index in [2.05, 4.69) is 5.10 Å². The van der Waals surface area contributed by atoms with Gasteiger partial charge in [0.2, 0.25) is 17.7 Å². The molecule has 0 bridgehead atoms. The highest BCUT2D eigenvalue weighted by molar-refractivity contribution is 7.89. The van der Waals surface area contributed by atoms with E-state index >= 15 is 0 Å². The second-order valence-electron chi connectivity index (χ2n) is 9.41. The highest BCUT2D eigenvalue weighted by atomic mass is 35.5. The van der Waals surface area contributed by atoms with E-state index < -0.39 is 57.9 Å². The normalized spacial score (nSPS) is 13.1. The highest BCUT2D eigenvalue weighted by Gasteiger charge is 2.42. The average molecular weight is 603 g/mol. The largest absolute Gasteiger partial charge is 0.449 e. The topological polar surface area (TPSA) is 93.1 Å². The van der Waals surface area contributed by atoms with Gasteiger partial charge in [-0.25, -0.2) is 17.2 Å². The van der Waals surface area contributed by atoms with Gasteiger partial charge >= 0.3 is 6.18 Å². The lowest BCUT2D eigenvalue weighted by Crippen LogP contribution is -2.39. The number of aromatic nitrogens is 3. The fraction of sp³-hybridized carbons (Fsp3) is 0.269. The number of ketones is 1. The fourth-order valence-electron chi connectivity index (χ4n) is 4.79. The number of benzene rings is 2. The Hall–Kier alpha value is -3.58. The van der Waals surface area contributed by atoms with Gasteiger partial charge in [-0.2, -0.15) is 18.3 Å². The first kappa shape index (κ1) is 29.4. The SMILES string of the molecule is Cn1nc(CS(C)(=O)=O)c2c(Cl)ccc(-c3ccc[n+](O)c3[C@@H](CC(=O)C(F)(F)F)Cc3cc(F)cc(F)c3)c21. The predicted molar refractivity (Wildman–Crippen MR) is 136 cm³/mol. The van der Waals surface area contributed by atoms with Gasteiger partial charge in [-0.15, -0.1) is 0 Å². The maximum absolute atomic E-state index is 13.9. The van der Waals surface area contributed by atoms with Gasteiger partial charge in [0, 0.05) is 47.5 Å². The quantitative estimate of drug-likeness (QED) is 0.172. The lowest BCUT2D eigenvalue weighted by Gasteiger charge is -2.18. The molecule has 0 amide bonds. The summed E-state index contributed by atoms with van der Waals surface area (Å²) < 4.78 is 93.8. The van der Waals surface area contributed by atoms with Crippen LogP contribution in [0.5, 0.6) is 0 Å². The van der Waals surface area contributed by atoms with Crippen molar-refractivity contribution < 1.29 is 45.1 Å². The number of Topliss-reactive ketones (excluding diaryl/α,β-unsaturated/α-hetero) is 1. The van der Waals surface area contributed by atoms with Crippen molar-refractivity contribution in [2.24, 2.45) is 7.05 Å². The molecule has 4 aromatic rings. The van der Waals surface area contributed by atoms with Crippen molar-refractivity contribution in [2.45, 2.75) is 30.7 Å². The van der Waals surface area contributed by atoms with Crippen LogP contribution >= 0.6 is 11.6 Å². The number of rotatable bonds is 8. The summed E-state index contributed by atoms with van der Waals surface area (Å²) in [7, 11) is -2.01. The maximum Gasteiger partial charge on any atom is 0.449 e. The molecule has 0 radical (unpaired) electrons. The number of fused-ring (bicyclic) bond motifs is 1. The van der Waals surface area contributed by atoms with Crippen LogP contribution in [0, 0.1) is 11.6 Å². The Morgan fingerprint density at radius 3 is 2.38 bits per heavy atom. The summed E-state index contributed by atoms with van der Waals surface area (Å²) in [6, 6.07) is 8.29. The molecule has 0 aliphatic carbocycles. The summed E-state index contributed by atoms with van der Waals surface area (Å²) in [6.45, 7) is 0. The third-order valence-electron chi connectivity index (χ3n) is 6.25. The van der Waals surface area contributed by atoms with E-state index in [9.17, 15) is 40.4 Å². The van der Waals surface area contributed by atoms with Crippen LogP contribution < -0.4 is 4.73 Å². The van der Waals surface area contributed by atoms with Gasteiger partial charge < -0.3 is 0 Å². The lowest BCUT2D eigenvalue weighted by atomic mass is 9.86. The Morgan fingerprint density at radius 1 is 1.12 bits per heavy atom. The molecule has 0 saturated heterocycles. The van der Waals surface area contributed by atoms with Gasteiger partial charge in [0.05, 0.1) is 33.5 Å². The number of carbonyl (C=O) groups excluding carboxylic acids is 1. The van der Waals surface area contributed by atoms with Gasteiger partial charge in [0.25, 0.3) is 0 Å². The van der Waals surface area contributed by atoms with Crippen LogP contribution in [0.25, 0.3) is 22.0 Å². The molecule has 4 rings (SSSR count). The zero-order chi connectivity index (χ0) is 29.6. The zero-order valence-corrected chi connectivity index (χ0v) is 22.6. The maximum atomic E-state index is 13.9. The fourth-order valence-corrected chi connectivity index (χ4v) is 5.75. The van der Waals surface area contributed by atoms with Crippen molar-refractivity contribution in [3.05, 3.63) is 82.3 Å². The van der Waals surface area contributed by atoms with Crippen molar-refractivity contribution in [1.82, 2.24) is 9.78 Å². The first-order chi connectivity index (χ1) is 18.5. The molecule has 14 heteroatoms. The molecule has 0 unspecified atom stereocenters. The molecule has 2 aromatic heterocycles. The van der Waals surface area contributed by atoms with E-state index in [0.29, 0.717) is 21.9 Å². The minimum Gasteiger partial charge on any atom is -0.290 e. The van der Waals surface area contributed by atoms with Crippen LogP contribution in [-0.2, 0) is 33.9 Å². The third-order valence-corrected chi connectivity index (χ3v) is 7.36. The average Bonchev–Trinajstić information content (AvgIpc) is 3.12. The number of hydrogen-bond acceptors (Lipinski definition) is 5. The Kier molecular flexibility index (Phi) is 7.92. The van der Waals surface area contributed by atoms with Gasteiger partial charge in [-0.1, -0.05) is 17.7 Å². The van der Waals surface area contributed by atoms with E-state index in [4.69, 9.17) is 11.6 Å². The summed E-state index contributed by atoms with van der Waals surface area (Å²) in [5, 5.41) is 15.6. The number of nitrogens with zero attached hydrogens (tertiary/aromatic N) is 3. The van der Waals surface area contributed by atoms with E-state index in [1.165, 1.54) is 36.0 Å². The van der Waals surface area contributed by atoms with Crippen LogP contribution in [0.3, 0.4) is 0 Å². The van der Waals surface area contributed by atoms with Crippen molar-refractivity contribution in [1.29, 1.82) is 0 Å². The highest BCUT2D eigenvalue weighted by Crippen LogP contribution is 2.39. The van der Waals surface area contributed by atoms with Crippen molar-refractivity contribution in [2.75, 3.05) is 6.26 Å². The molecule has 0 spiro atoms. The summed E-state index contributed by atoms with van der Waals surface area (Å²) >= 11 is 6.41. The second-order valence-corrected chi connectivity index (χ2v) is 12.0. The molecule has 2 aromatic carbocycles. The van der Waals surface area contributed by atoms with Gasteiger partial charge in [-0.05, 0) is 36.2 Å². The Balaban J connectivity index is 1.96. The smallest absolute Gasteiger partial charge is 0.290 e. The molecule has 7 nitrogen and oxygen atoms in total. The summed E-state index contributed by atoms with van der Waals surface area (Å²) in [5.74, 6) is -5.86. The van der Waals surface area contributed by atoms with E-state index in [1.807, 2.05) is 0 Å². The molecule has 0 aliphatic rings. The summed E-state index contributed by atoms with van der Waals surface area (Å²) in [5.41, 5.74) is 0.736. The van der Waals surface area contributed by atoms with Crippen LogP contribution in [0.15, 0.2) is 48.7 Å². The number of alkyl halides is 3. The molecule has 212 valence electrons. The first-order valence-electron chi connectivity index (χ1n) is 11.7. The molecule has 0 aliphatic heterocycles. The molecule has 1 N–H and O–H groups in total. The predicted octanol–water partition coefficient (Wildman–Crippen LogP) is 5.09. The lowest BCUT2D eigenvalue weighted by molar-refractivity contribution is -0.910. The Bertz CT molecular complexity index is 1720. The number of pyridine rings is 1. The number of halogens is 6. The molecule has 0 saturated carbocycles. The minimum atomic E-state index is -5.20. The van der Waals surface area contributed by atoms with Crippen LogP contribution in [-0.4, -0.2) is 41.6 Å². The van der Waals surface area contributed by atoms with E-state index in [1.54, 1.807) is 0 Å². The molecule has 1 atom stereocenters. The first-order valence-corrected chi connectivity index (χ1v) is 14.1. The minimum absolute atomic E-state index is 0.0375. The van der Waals surface area contributed by atoms with Crippen molar-refractivity contribution in [3.8, 4) is 11.1 Å². The molecular formula is C26H22ClF5N3O4S+. The standard InChI is InChI=1S/C26H22ClF5N3O4S/c1-34-25-19(5-6-20(27)23(25)21(33-34)13-40(2,38)39)18-4-3-7-35(37)24(18)15(11-22(36)26(30,31)32)8-14-9-16(28)12-17(29)10-14/h3-7,9-10,12,15,37H,8,11,13H2,1-2H3/q+1/t15-/m1/s1. The van der Waals surface area contributed by atoms with Crippen LogP contribution in [0.2, 0.25) is 5.02 Å². The van der Waals surface area contributed by atoms with E-state index in [0.717, 1.165) is 24.6 Å². The van der Waals surface area contributed by atoms with Crippen LogP contribution in [0.4, 0.5) is 22.0 Å². The second kappa shape index (κ2) is 10.8. The summed E-state index contributed by atoms with van der Waals surface area (Å²) in [4.78, 5) is 12.1.